The smallest absolute Gasteiger partial charge is 0.320 e. The first kappa shape index (κ1) is 22.4. The average Bonchev–Trinajstić information content (AvgIpc) is 2.99. The molecule has 1 heterocycles. The summed E-state index contributed by atoms with van der Waals surface area (Å²) >= 11 is 0. The highest BCUT2D eigenvalue weighted by molar-refractivity contribution is 5.73. The van der Waals surface area contributed by atoms with Gasteiger partial charge in [0.15, 0.2) is 0 Å². The molecule has 0 radical (unpaired) electrons. The summed E-state index contributed by atoms with van der Waals surface area (Å²) in [6.45, 7) is 11.0. The first-order valence-corrected chi connectivity index (χ1v) is 9.58. The number of hydrogen-bond acceptors (Lipinski definition) is 3. The van der Waals surface area contributed by atoms with Crippen LogP contribution in [0.4, 0.5) is 0 Å². The van der Waals surface area contributed by atoms with Crippen molar-refractivity contribution in [1.82, 2.24) is 10.6 Å². The number of carboxylic acids is 1. The van der Waals surface area contributed by atoms with Gasteiger partial charge in [0, 0.05) is 5.54 Å². The third-order valence-electron chi connectivity index (χ3n) is 4.04. The summed E-state index contributed by atoms with van der Waals surface area (Å²) in [4.78, 5) is 10.1. The molecule has 1 fully saturated rings. The Morgan fingerprint density at radius 2 is 1.65 bits per heavy atom. The fraction of sp³-hybridized carbons (Fsp3) is 0.947. The van der Waals surface area contributed by atoms with E-state index in [-0.39, 0.29) is 6.04 Å². The number of aliphatic carboxylic acids is 1. The molecule has 1 aliphatic heterocycles. The van der Waals surface area contributed by atoms with E-state index in [9.17, 15) is 4.79 Å². The SMILES string of the molecule is CCCCCCCCCCNC(C)(C)C.O=C(O)[C@@H]1CCCN1. The van der Waals surface area contributed by atoms with Crippen molar-refractivity contribution in [3.8, 4) is 0 Å². The van der Waals surface area contributed by atoms with Gasteiger partial charge >= 0.3 is 5.97 Å². The number of rotatable bonds is 10. The first-order chi connectivity index (χ1) is 10.9. The van der Waals surface area contributed by atoms with E-state index >= 15 is 0 Å². The van der Waals surface area contributed by atoms with E-state index in [0.717, 1.165) is 19.4 Å². The Morgan fingerprint density at radius 3 is 2.04 bits per heavy atom. The molecule has 0 spiro atoms. The second-order valence-electron chi connectivity index (χ2n) is 7.64. The molecule has 1 saturated heterocycles. The molecule has 1 aliphatic rings. The summed E-state index contributed by atoms with van der Waals surface area (Å²) in [5, 5.41) is 14.7. The first-order valence-electron chi connectivity index (χ1n) is 9.58. The van der Waals surface area contributed by atoms with E-state index in [0.29, 0.717) is 5.54 Å². The van der Waals surface area contributed by atoms with Gasteiger partial charge in [-0.25, -0.2) is 0 Å². The van der Waals surface area contributed by atoms with E-state index in [1.165, 1.54) is 57.9 Å². The molecule has 3 N–H and O–H groups in total. The van der Waals surface area contributed by atoms with Crippen molar-refractivity contribution in [2.24, 2.45) is 0 Å². The Bertz CT molecular complexity index is 282. The minimum Gasteiger partial charge on any atom is -0.480 e. The highest BCUT2D eigenvalue weighted by Crippen LogP contribution is 2.08. The maximum atomic E-state index is 10.1. The van der Waals surface area contributed by atoms with Crippen molar-refractivity contribution in [2.45, 2.75) is 103 Å². The van der Waals surface area contributed by atoms with E-state index < -0.39 is 5.97 Å². The van der Waals surface area contributed by atoms with Crippen LogP contribution in [0.15, 0.2) is 0 Å². The van der Waals surface area contributed by atoms with Gasteiger partial charge in [0.1, 0.15) is 6.04 Å². The molecule has 138 valence electrons. The standard InChI is InChI=1S/C14H31N.C5H9NO2/c1-5-6-7-8-9-10-11-12-13-15-14(2,3)4;7-5(8)4-2-1-3-6-4/h15H,5-13H2,1-4H3;4,6H,1-3H2,(H,7,8)/t;4-/m.0/s1. The Labute approximate surface area is 143 Å². The third kappa shape index (κ3) is 16.0. The van der Waals surface area contributed by atoms with Crippen molar-refractivity contribution < 1.29 is 9.90 Å². The maximum Gasteiger partial charge on any atom is 0.320 e. The molecule has 1 atom stereocenters. The van der Waals surface area contributed by atoms with E-state index in [4.69, 9.17) is 5.11 Å². The van der Waals surface area contributed by atoms with E-state index in [1.54, 1.807) is 0 Å². The Morgan fingerprint density at radius 1 is 1.09 bits per heavy atom. The van der Waals surface area contributed by atoms with E-state index in [2.05, 4.69) is 38.3 Å². The predicted molar refractivity (Wildman–Crippen MR) is 99.0 cm³/mol. The number of unbranched alkanes of at least 4 members (excludes halogenated alkanes) is 7. The molecule has 0 aliphatic carbocycles. The summed E-state index contributed by atoms with van der Waals surface area (Å²) in [7, 11) is 0. The van der Waals surface area contributed by atoms with Gasteiger partial charge < -0.3 is 15.7 Å². The van der Waals surface area contributed by atoms with Gasteiger partial charge in [-0.05, 0) is 53.1 Å². The van der Waals surface area contributed by atoms with Crippen LogP contribution in [0.3, 0.4) is 0 Å². The van der Waals surface area contributed by atoms with Crippen LogP contribution >= 0.6 is 0 Å². The highest BCUT2D eigenvalue weighted by atomic mass is 16.4. The quantitative estimate of drug-likeness (QED) is 0.522. The topological polar surface area (TPSA) is 61.4 Å². The highest BCUT2D eigenvalue weighted by Gasteiger charge is 2.20. The molecular formula is C19H40N2O2. The van der Waals surface area contributed by atoms with Crippen molar-refractivity contribution >= 4 is 5.97 Å². The zero-order valence-electron chi connectivity index (χ0n) is 15.9. The molecule has 4 nitrogen and oxygen atoms in total. The lowest BCUT2D eigenvalue weighted by Gasteiger charge is -2.20. The monoisotopic (exact) mass is 328 g/mol. The normalized spacial score (nSPS) is 17.7. The summed E-state index contributed by atoms with van der Waals surface area (Å²) in [6, 6.07) is -0.269. The summed E-state index contributed by atoms with van der Waals surface area (Å²) in [6.07, 6.45) is 13.1. The molecule has 0 aromatic carbocycles. The van der Waals surface area contributed by atoms with Gasteiger partial charge in [-0.1, -0.05) is 51.9 Å². The van der Waals surface area contributed by atoms with Crippen LogP contribution in [0, 0.1) is 0 Å². The molecule has 0 saturated carbocycles. The second kappa shape index (κ2) is 13.8. The van der Waals surface area contributed by atoms with Gasteiger partial charge in [0.05, 0.1) is 0 Å². The van der Waals surface area contributed by atoms with Crippen LogP contribution in [-0.2, 0) is 4.79 Å². The lowest BCUT2D eigenvalue weighted by Crippen LogP contribution is -2.36. The van der Waals surface area contributed by atoms with Gasteiger partial charge in [-0.3, -0.25) is 4.79 Å². The van der Waals surface area contributed by atoms with Crippen molar-refractivity contribution in [2.75, 3.05) is 13.1 Å². The molecule has 0 unspecified atom stereocenters. The number of nitrogens with one attached hydrogen (secondary N) is 2. The number of hydrogen-bond donors (Lipinski definition) is 3. The van der Waals surface area contributed by atoms with Crippen molar-refractivity contribution in [1.29, 1.82) is 0 Å². The Balaban J connectivity index is 0.000000502. The van der Waals surface area contributed by atoms with Crippen LogP contribution in [0.25, 0.3) is 0 Å². The molecule has 0 aromatic heterocycles. The summed E-state index contributed by atoms with van der Waals surface area (Å²) < 4.78 is 0. The molecule has 0 bridgehead atoms. The van der Waals surface area contributed by atoms with Gasteiger partial charge in [-0.15, -0.1) is 0 Å². The van der Waals surface area contributed by atoms with Gasteiger partial charge in [-0.2, -0.15) is 0 Å². The lowest BCUT2D eigenvalue weighted by atomic mass is 10.1. The zero-order valence-corrected chi connectivity index (χ0v) is 15.9. The molecule has 4 heteroatoms. The van der Waals surface area contributed by atoms with Crippen LogP contribution < -0.4 is 10.6 Å². The third-order valence-corrected chi connectivity index (χ3v) is 4.04. The zero-order chi connectivity index (χ0) is 17.6. The fourth-order valence-corrected chi connectivity index (χ4v) is 2.62. The van der Waals surface area contributed by atoms with Crippen molar-refractivity contribution in [3.05, 3.63) is 0 Å². The van der Waals surface area contributed by atoms with Gasteiger partial charge in [0.2, 0.25) is 0 Å². The molecule has 23 heavy (non-hydrogen) atoms. The maximum absolute atomic E-state index is 10.1. The fourth-order valence-electron chi connectivity index (χ4n) is 2.62. The molecule has 0 amide bonds. The number of carboxylic acid groups (broad SMARTS) is 1. The predicted octanol–water partition coefficient (Wildman–Crippen LogP) is 4.34. The van der Waals surface area contributed by atoms with E-state index in [1.807, 2.05) is 0 Å². The summed E-state index contributed by atoms with van der Waals surface area (Å²) in [5.74, 6) is -0.720. The van der Waals surface area contributed by atoms with Crippen LogP contribution in [0.1, 0.15) is 91.9 Å². The minimum absolute atomic E-state index is 0.269. The Hall–Kier alpha value is -0.610. The lowest BCUT2D eigenvalue weighted by molar-refractivity contribution is -0.139. The van der Waals surface area contributed by atoms with Crippen LogP contribution in [-0.4, -0.2) is 35.7 Å². The summed E-state index contributed by atoms with van der Waals surface area (Å²) in [5.41, 5.74) is 0.293. The Kier molecular flexibility index (Phi) is 13.4. The minimum atomic E-state index is -0.720. The van der Waals surface area contributed by atoms with Crippen LogP contribution in [0.2, 0.25) is 0 Å². The van der Waals surface area contributed by atoms with Crippen LogP contribution in [0.5, 0.6) is 0 Å². The van der Waals surface area contributed by atoms with Crippen molar-refractivity contribution in [3.63, 3.8) is 0 Å². The molecular weight excluding hydrogens is 288 g/mol. The molecule has 0 aromatic rings. The van der Waals surface area contributed by atoms with Gasteiger partial charge in [0.25, 0.3) is 0 Å². The molecule has 1 rings (SSSR count). The largest absolute Gasteiger partial charge is 0.480 e. The number of carbonyl (C=O) groups is 1. The average molecular weight is 329 g/mol. The second-order valence-corrected chi connectivity index (χ2v) is 7.64.